The highest BCUT2D eigenvalue weighted by Gasteiger charge is 2.17. The molecule has 1 atom stereocenters. The van der Waals surface area contributed by atoms with Crippen LogP contribution >= 0.6 is 0 Å². The normalized spacial score (nSPS) is 21.8. The van der Waals surface area contributed by atoms with Crippen molar-refractivity contribution in [3.63, 3.8) is 0 Å². The second-order valence-electron chi connectivity index (χ2n) is 6.40. The van der Waals surface area contributed by atoms with Crippen LogP contribution in [-0.2, 0) is 4.74 Å². The van der Waals surface area contributed by atoms with Crippen molar-refractivity contribution in [1.29, 1.82) is 0 Å². The monoisotopic (exact) mass is 318 g/mol. The summed E-state index contributed by atoms with van der Waals surface area (Å²) < 4.78 is 11.3. The molecule has 2 N–H and O–H groups in total. The molecule has 5 heteroatoms. The standard InChI is InChI=1S/C18H26N2O3/c21-18(19-14-5-2-1-3-6-14)20-15-8-10-16(11-9-15)23-13-17-7-4-12-22-17/h8-11,14,17H,1-7,12-13H2,(H2,19,20,21)/t17-/m1/s1. The van der Waals surface area contributed by atoms with Crippen molar-refractivity contribution in [3.8, 4) is 5.75 Å². The molecule has 23 heavy (non-hydrogen) atoms. The fourth-order valence-corrected chi connectivity index (χ4v) is 3.20. The molecular weight excluding hydrogens is 292 g/mol. The van der Waals surface area contributed by atoms with E-state index in [9.17, 15) is 4.79 Å². The molecule has 1 saturated carbocycles. The Morgan fingerprint density at radius 1 is 1.09 bits per heavy atom. The van der Waals surface area contributed by atoms with E-state index in [0.717, 1.165) is 43.7 Å². The van der Waals surface area contributed by atoms with Gasteiger partial charge in [-0.1, -0.05) is 19.3 Å². The Balaban J connectivity index is 1.42. The molecule has 1 aromatic carbocycles. The predicted molar refractivity (Wildman–Crippen MR) is 89.9 cm³/mol. The van der Waals surface area contributed by atoms with Crippen molar-refractivity contribution in [1.82, 2.24) is 5.32 Å². The summed E-state index contributed by atoms with van der Waals surface area (Å²) in [6.45, 7) is 1.43. The number of carbonyl (C=O) groups is 1. The summed E-state index contributed by atoms with van der Waals surface area (Å²) in [6.07, 6.45) is 8.28. The van der Waals surface area contributed by atoms with E-state index in [1.807, 2.05) is 24.3 Å². The minimum absolute atomic E-state index is 0.120. The minimum atomic E-state index is -0.120. The molecule has 1 saturated heterocycles. The second kappa shape index (κ2) is 8.20. The SMILES string of the molecule is O=C(Nc1ccc(OC[C@H]2CCCO2)cc1)NC1CCCCC1. The Hall–Kier alpha value is -1.75. The van der Waals surface area contributed by atoms with Crippen molar-refractivity contribution in [2.75, 3.05) is 18.5 Å². The lowest BCUT2D eigenvalue weighted by Crippen LogP contribution is -2.38. The lowest BCUT2D eigenvalue weighted by Gasteiger charge is -2.22. The Bertz CT molecular complexity index is 491. The fraction of sp³-hybridized carbons (Fsp3) is 0.611. The van der Waals surface area contributed by atoms with Crippen LogP contribution in [0.4, 0.5) is 10.5 Å². The number of hydrogen-bond acceptors (Lipinski definition) is 3. The average molecular weight is 318 g/mol. The summed E-state index contributed by atoms with van der Waals surface area (Å²) in [5.74, 6) is 0.804. The van der Waals surface area contributed by atoms with Crippen LogP contribution in [0, 0.1) is 0 Å². The number of amides is 2. The summed E-state index contributed by atoms with van der Waals surface area (Å²) in [7, 11) is 0. The van der Waals surface area contributed by atoms with E-state index in [1.54, 1.807) is 0 Å². The van der Waals surface area contributed by atoms with Crippen LogP contribution in [0.25, 0.3) is 0 Å². The maximum atomic E-state index is 12.0. The van der Waals surface area contributed by atoms with Gasteiger partial charge >= 0.3 is 6.03 Å². The van der Waals surface area contributed by atoms with Crippen LogP contribution in [-0.4, -0.2) is 31.4 Å². The van der Waals surface area contributed by atoms with Gasteiger partial charge in [-0.2, -0.15) is 0 Å². The maximum Gasteiger partial charge on any atom is 0.319 e. The molecule has 1 aromatic rings. The van der Waals surface area contributed by atoms with Gasteiger partial charge in [0.2, 0.25) is 0 Å². The number of carbonyl (C=O) groups excluding carboxylic acids is 1. The summed E-state index contributed by atoms with van der Waals surface area (Å²) in [5, 5.41) is 5.93. The predicted octanol–water partition coefficient (Wildman–Crippen LogP) is 3.70. The highest BCUT2D eigenvalue weighted by molar-refractivity contribution is 5.89. The lowest BCUT2D eigenvalue weighted by atomic mass is 9.96. The topological polar surface area (TPSA) is 59.6 Å². The molecule has 0 bridgehead atoms. The van der Waals surface area contributed by atoms with E-state index < -0.39 is 0 Å². The van der Waals surface area contributed by atoms with E-state index in [0.29, 0.717) is 12.6 Å². The number of ether oxygens (including phenoxy) is 2. The molecule has 3 rings (SSSR count). The zero-order chi connectivity index (χ0) is 15.9. The molecule has 126 valence electrons. The largest absolute Gasteiger partial charge is 0.491 e. The van der Waals surface area contributed by atoms with Crippen molar-refractivity contribution < 1.29 is 14.3 Å². The molecule has 2 fully saturated rings. The molecule has 2 aliphatic rings. The van der Waals surface area contributed by atoms with Crippen LogP contribution < -0.4 is 15.4 Å². The second-order valence-corrected chi connectivity index (χ2v) is 6.40. The molecule has 0 aromatic heterocycles. The third kappa shape index (κ3) is 5.13. The summed E-state index contributed by atoms with van der Waals surface area (Å²) >= 11 is 0. The van der Waals surface area contributed by atoms with Gasteiger partial charge in [-0.15, -0.1) is 0 Å². The Labute approximate surface area is 137 Å². The third-order valence-electron chi connectivity index (χ3n) is 4.51. The van der Waals surface area contributed by atoms with Gasteiger partial charge in [0.1, 0.15) is 12.4 Å². The van der Waals surface area contributed by atoms with Gasteiger partial charge in [-0.05, 0) is 49.9 Å². The highest BCUT2D eigenvalue weighted by Crippen LogP contribution is 2.19. The molecule has 0 radical (unpaired) electrons. The molecule has 1 aliphatic carbocycles. The molecular formula is C18H26N2O3. The summed E-state index contributed by atoms with van der Waals surface area (Å²) in [5.41, 5.74) is 0.780. The van der Waals surface area contributed by atoms with Gasteiger partial charge in [0.25, 0.3) is 0 Å². The highest BCUT2D eigenvalue weighted by atomic mass is 16.5. The molecule has 2 amide bonds. The minimum Gasteiger partial charge on any atom is -0.491 e. The zero-order valence-electron chi connectivity index (χ0n) is 13.6. The third-order valence-corrected chi connectivity index (χ3v) is 4.51. The first kappa shape index (κ1) is 16.1. The Morgan fingerprint density at radius 3 is 2.57 bits per heavy atom. The molecule has 1 heterocycles. The number of urea groups is 1. The first-order chi connectivity index (χ1) is 11.3. The Kier molecular flexibility index (Phi) is 5.75. The maximum absolute atomic E-state index is 12.0. The number of rotatable bonds is 5. The molecule has 0 spiro atoms. The van der Waals surface area contributed by atoms with Gasteiger partial charge in [0, 0.05) is 18.3 Å². The number of benzene rings is 1. The Morgan fingerprint density at radius 2 is 1.87 bits per heavy atom. The molecule has 0 unspecified atom stereocenters. The van der Waals surface area contributed by atoms with Gasteiger partial charge < -0.3 is 20.1 Å². The van der Waals surface area contributed by atoms with Crippen LogP contribution in [0.1, 0.15) is 44.9 Å². The summed E-state index contributed by atoms with van der Waals surface area (Å²) in [6, 6.07) is 7.69. The van der Waals surface area contributed by atoms with Crippen molar-refractivity contribution in [2.45, 2.75) is 57.1 Å². The van der Waals surface area contributed by atoms with E-state index >= 15 is 0 Å². The summed E-state index contributed by atoms with van der Waals surface area (Å²) in [4.78, 5) is 12.0. The van der Waals surface area contributed by atoms with Gasteiger partial charge in [-0.25, -0.2) is 4.79 Å². The van der Waals surface area contributed by atoms with Crippen LogP contribution in [0.5, 0.6) is 5.75 Å². The van der Waals surface area contributed by atoms with Gasteiger partial charge in [0.05, 0.1) is 6.10 Å². The zero-order valence-corrected chi connectivity index (χ0v) is 13.6. The van der Waals surface area contributed by atoms with Crippen LogP contribution in [0.2, 0.25) is 0 Å². The van der Waals surface area contributed by atoms with Crippen molar-refractivity contribution in [2.24, 2.45) is 0 Å². The quantitative estimate of drug-likeness (QED) is 0.870. The molecule has 1 aliphatic heterocycles. The van der Waals surface area contributed by atoms with Gasteiger partial charge in [-0.3, -0.25) is 0 Å². The van der Waals surface area contributed by atoms with E-state index in [2.05, 4.69) is 10.6 Å². The first-order valence-electron chi connectivity index (χ1n) is 8.71. The van der Waals surface area contributed by atoms with Gasteiger partial charge in [0.15, 0.2) is 0 Å². The van der Waals surface area contributed by atoms with E-state index in [4.69, 9.17) is 9.47 Å². The fourth-order valence-electron chi connectivity index (χ4n) is 3.20. The van der Waals surface area contributed by atoms with E-state index in [-0.39, 0.29) is 12.1 Å². The smallest absolute Gasteiger partial charge is 0.319 e. The lowest BCUT2D eigenvalue weighted by molar-refractivity contribution is 0.0679. The van der Waals surface area contributed by atoms with Crippen molar-refractivity contribution >= 4 is 11.7 Å². The van der Waals surface area contributed by atoms with E-state index in [1.165, 1.54) is 19.3 Å². The molecule has 5 nitrogen and oxygen atoms in total. The number of nitrogens with one attached hydrogen (secondary N) is 2. The van der Waals surface area contributed by atoms with Crippen molar-refractivity contribution in [3.05, 3.63) is 24.3 Å². The number of anilines is 1. The number of hydrogen-bond donors (Lipinski definition) is 2. The first-order valence-corrected chi connectivity index (χ1v) is 8.71. The van der Waals surface area contributed by atoms with Crippen LogP contribution in [0.3, 0.4) is 0 Å². The van der Waals surface area contributed by atoms with Crippen LogP contribution in [0.15, 0.2) is 24.3 Å². The average Bonchev–Trinajstić information content (AvgIpc) is 3.08.